The fourth-order valence-corrected chi connectivity index (χ4v) is 1.41. The standard InChI is InChI=1S/C11H13ClNO2.Y/c1-3-4-5-13-7-9(11(14)15)6-10(12)8(13)2;/h6H,2-5H2,1H3,(H,14,15);/q-1;. The normalized spacial score (nSPS) is 15.1. The van der Waals surface area contributed by atoms with Crippen LogP contribution in [0.4, 0.5) is 0 Å². The molecule has 1 radical (unpaired) electrons. The largest absolute Gasteiger partial charge is 0.521 e. The van der Waals surface area contributed by atoms with E-state index in [1.165, 1.54) is 6.08 Å². The molecule has 0 unspecified atom stereocenters. The van der Waals surface area contributed by atoms with Crippen LogP contribution in [0.3, 0.4) is 0 Å². The molecule has 0 aromatic carbocycles. The molecule has 1 aliphatic heterocycles. The molecule has 0 spiro atoms. The quantitative estimate of drug-likeness (QED) is 0.810. The average Bonchev–Trinajstić information content (AvgIpc) is 2.19. The SMILES string of the molecule is C=C1C(Cl)=CC(C(=O)O)=[C-]N1CCCC.[Y]. The molecular weight excluding hydrogens is 302 g/mol. The second-order valence-corrected chi connectivity index (χ2v) is 3.68. The molecule has 0 saturated heterocycles. The molecule has 0 aromatic heterocycles. The van der Waals surface area contributed by atoms with Gasteiger partial charge in [-0.15, -0.1) is 24.3 Å². The first-order valence-corrected chi connectivity index (χ1v) is 5.15. The van der Waals surface area contributed by atoms with Gasteiger partial charge < -0.3 is 14.8 Å². The molecule has 0 atom stereocenters. The Morgan fingerprint density at radius 1 is 1.69 bits per heavy atom. The van der Waals surface area contributed by atoms with Gasteiger partial charge in [-0.1, -0.05) is 19.5 Å². The first-order valence-electron chi connectivity index (χ1n) is 4.77. The topological polar surface area (TPSA) is 40.5 Å². The second-order valence-electron chi connectivity index (χ2n) is 3.27. The number of carboxylic acid groups (broad SMARTS) is 1. The molecule has 0 aromatic rings. The Labute approximate surface area is 126 Å². The van der Waals surface area contributed by atoms with Crippen molar-refractivity contribution >= 4 is 17.6 Å². The van der Waals surface area contributed by atoms with Crippen molar-refractivity contribution in [3.05, 3.63) is 35.2 Å². The Balaban J connectivity index is 0.00000225. The van der Waals surface area contributed by atoms with E-state index in [1.807, 2.05) is 0 Å². The van der Waals surface area contributed by atoms with Crippen LogP contribution in [0, 0.1) is 6.20 Å². The van der Waals surface area contributed by atoms with Crippen LogP contribution in [0.5, 0.6) is 0 Å². The number of hydrogen-bond donors (Lipinski definition) is 1. The summed E-state index contributed by atoms with van der Waals surface area (Å²) in [6, 6.07) is 0. The van der Waals surface area contributed by atoms with Crippen molar-refractivity contribution in [2.24, 2.45) is 0 Å². The van der Waals surface area contributed by atoms with E-state index in [1.54, 1.807) is 4.90 Å². The third-order valence-corrected chi connectivity index (χ3v) is 2.42. The minimum absolute atomic E-state index is 0. The summed E-state index contributed by atoms with van der Waals surface area (Å²) >= 11 is 5.88. The summed E-state index contributed by atoms with van der Waals surface area (Å²) in [5.41, 5.74) is 0.679. The summed E-state index contributed by atoms with van der Waals surface area (Å²) in [6.45, 7) is 6.53. The van der Waals surface area contributed by atoms with Gasteiger partial charge in [-0.3, -0.25) is 0 Å². The molecule has 85 valence electrons. The zero-order valence-electron chi connectivity index (χ0n) is 9.16. The smallest absolute Gasteiger partial charge is 0.249 e. The van der Waals surface area contributed by atoms with Crippen LogP contribution in [0.15, 0.2) is 29.0 Å². The molecular formula is C11H13ClNO2Y-. The minimum atomic E-state index is -1.03. The van der Waals surface area contributed by atoms with Crippen molar-refractivity contribution < 1.29 is 42.6 Å². The van der Waals surface area contributed by atoms with Gasteiger partial charge in [0, 0.05) is 39.3 Å². The Morgan fingerprint density at radius 2 is 2.31 bits per heavy atom. The van der Waals surface area contributed by atoms with E-state index in [4.69, 9.17) is 16.7 Å². The number of rotatable bonds is 4. The Bertz CT molecular complexity index is 350. The van der Waals surface area contributed by atoms with Crippen molar-refractivity contribution in [3.8, 4) is 0 Å². The van der Waals surface area contributed by atoms with E-state index in [2.05, 4.69) is 19.7 Å². The summed E-state index contributed by atoms with van der Waals surface area (Å²) in [5.74, 6) is -1.03. The molecule has 1 heterocycles. The summed E-state index contributed by atoms with van der Waals surface area (Å²) in [7, 11) is 0. The molecule has 5 heteroatoms. The van der Waals surface area contributed by atoms with E-state index in [-0.39, 0.29) is 38.3 Å². The minimum Gasteiger partial charge on any atom is -0.521 e. The van der Waals surface area contributed by atoms with E-state index < -0.39 is 5.97 Å². The van der Waals surface area contributed by atoms with Crippen molar-refractivity contribution in [1.29, 1.82) is 0 Å². The van der Waals surface area contributed by atoms with Gasteiger partial charge in [0.15, 0.2) is 0 Å². The molecule has 1 rings (SSSR count). The van der Waals surface area contributed by atoms with Crippen molar-refractivity contribution in [3.63, 3.8) is 0 Å². The maximum Gasteiger partial charge on any atom is 0.249 e. The molecule has 0 aliphatic carbocycles. The van der Waals surface area contributed by atoms with Crippen molar-refractivity contribution in [2.45, 2.75) is 19.8 Å². The van der Waals surface area contributed by atoms with Gasteiger partial charge in [0.1, 0.15) is 0 Å². The first kappa shape index (κ1) is 15.9. The number of halogens is 1. The number of carbonyl (C=O) groups is 1. The van der Waals surface area contributed by atoms with Gasteiger partial charge in [-0.2, -0.15) is 0 Å². The van der Waals surface area contributed by atoms with Crippen LogP contribution in [-0.4, -0.2) is 22.5 Å². The maximum atomic E-state index is 10.8. The first-order chi connectivity index (χ1) is 7.06. The van der Waals surface area contributed by atoms with Gasteiger partial charge in [0.25, 0.3) is 0 Å². The molecule has 1 aliphatic rings. The molecule has 3 nitrogen and oxygen atoms in total. The van der Waals surface area contributed by atoms with E-state index in [0.717, 1.165) is 12.8 Å². The second kappa shape index (κ2) is 7.26. The third-order valence-electron chi connectivity index (χ3n) is 2.09. The van der Waals surface area contributed by atoms with Crippen LogP contribution < -0.4 is 0 Å². The molecule has 0 saturated carbocycles. The summed E-state index contributed by atoms with van der Waals surface area (Å²) < 4.78 is 0. The zero-order chi connectivity index (χ0) is 11.4. The molecule has 0 bridgehead atoms. The molecule has 16 heavy (non-hydrogen) atoms. The van der Waals surface area contributed by atoms with Crippen molar-refractivity contribution in [2.75, 3.05) is 6.54 Å². The van der Waals surface area contributed by atoms with Crippen molar-refractivity contribution in [1.82, 2.24) is 4.90 Å². The van der Waals surface area contributed by atoms with Gasteiger partial charge in [0.05, 0.1) is 0 Å². The fraction of sp³-hybridized carbons (Fsp3) is 0.364. The zero-order valence-corrected chi connectivity index (χ0v) is 12.8. The molecule has 0 fully saturated rings. The van der Waals surface area contributed by atoms with Gasteiger partial charge in [0.2, 0.25) is 5.97 Å². The molecule has 1 N–H and O–H groups in total. The predicted molar refractivity (Wildman–Crippen MR) is 59.1 cm³/mol. The van der Waals surface area contributed by atoms with Crippen LogP contribution in [0.1, 0.15) is 19.8 Å². The van der Waals surface area contributed by atoms with Crippen LogP contribution in [0.25, 0.3) is 0 Å². The maximum absolute atomic E-state index is 10.8. The number of aliphatic carboxylic acids is 1. The Kier molecular flexibility index (Phi) is 7.20. The van der Waals surface area contributed by atoms with E-state index >= 15 is 0 Å². The average molecular weight is 316 g/mol. The molecule has 0 amide bonds. The number of nitrogens with zero attached hydrogens (tertiary/aromatic N) is 1. The van der Waals surface area contributed by atoms with Crippen LogP contribution in [0.2, 0.25) is 0 Å². The van der Waals surface area contributed by atoms with Crippen LogP contribution >= 0.6 is 11.6 Å². The number of unbranched alkanes of at least 4 members (excludes halogenated alkanes) is 1. The number of hydrogen-bond acceptors (Lipinski definition) is 2. The third kappa shape index (κ3) is 4.04. The van der Waals surface area contributed by atoms with E-state index in [9.17, 15) is 4.79 Å². The number of allylic oxidation sites excluding steroid dienone is 1. The van der Waals surface area contributed by atoms with Gasteiger partial charge >= 0.3 is 0 Å². The van der Waals surface area contributed by atoms with E-state index in [0.29, 0.717) is 17.3 Å². The summed E-state index contributed by atoms with van der Waals surface area (Å²) in [5, 5.41) is 9.19. The summed E-state index contributed by atoms with van der Waals surface area (Å²) in [4.78, 5) is 12.4. The number of carboxylic acids is 1. The fourth-order valence-electron chi connectivity index (χ4n) is 1.20. The van der Waals surface area contributed by atoms with Gasteiger partial charge in [-0.25, -0.2) is 0 Å². The Hall–Kier alpha value is -0.116. The Morgan fingerprint density at radius 3 is 2.81 bits per heavy atom. The van der Waals surface area contributed by atoms with Crippen LogP contribution in [-0.2, 0) is 37.5 Å². The summed E-state index contributed by atoms with van der Waals surface area (Å²) in [6.07, 6.45) is 6.10. The predicted octanol–water partition coefficient (Wildman–Crippen LogP) is 2.51. The monoisotopic (exact) mass is 315 g/mol. The van der Waals surface area contributed by atoms with Gasteiger partial charge in [-0.05, 0) is 22.7 Å².